The molecule has 0 bridgehead atoms. The standard InChI is InChI=1S/C15H13N5O2S/c1-2-11-16-17-15-20(11)18-12(23-15)7-8-19-13(21)9-5-3-4-6-10(9)14(19)22/h3-6H,2,7-8H2,1H3. The highest BCUT2D eigenvalue weighted by Crippen LogP contribution is 2.23. The second kappa shape index (κ2) is 5.24. The van der Waals surface area contributed by atoms with Crippen LogP contribution in [0.15, 0.2) is 24.3 Å². The SMILES string of the molecule is CCc1nnc2sc(CCN3C(=O)c4ccccc4C3=O)nn12. The van der Waals surface area contributed by atoms with Gasteiger partial charge in [0.1, 0.15) is 5.01 Å². The third kappa shape index (κ3) is 2.14. The van der Waals surface area contributed by atoms with Gasteiger partial charge >= 0.3 is 0 Å². The van der Waals surface area contributed by atoms with E-state index in [1.807, 2.05) is 6.92 Å². The smallest absolute Gasteiger partial charge is 0.261 e. The Morgan fingerprint density at radius 1 is 1.09 bits per heavy atom. The number of rotatable bonds is 4. The summed E-state index contributed by atoms with van der Waals surface area (Å²) in [7, 11) is 0. The van der Waals surface area contributed by atoms with E-state index in [4.69, 9.17) is 0 Å². The van der Waals surface area contributed by atoms with Gasteiger partial charge in [-0.3, -0.25) is 14.5 Å². The third-order valence-electron chi connectivity index (χ3n) is 3.84. The number of aromatic nitrogens is 4. The highest BCUT2D eigenvalue weighted by molar-refractivity contribution is 7.16. The number of aryl methyl sites for hydroxylation is 1. The van der Waals surface area contributed by atoms with E-state index in [0.717, 1.165) is 22.2 Å². The summed E-state index contributed by atoms with van der Waals surface area (Å²) in [6.07, 6.45) is 1.27. The quantitative estimate of drug-likeness (QED) is 0.680. The van der Waals surface area contributed by atoms with Crippen LogP contribution in [-0.2, 0) is 12.8 Å². The van der Waals surface area contributed by atoms with Crippen LogP contribution < -0.4 is 0 Å². The fourth-order valence-electron chi connectivity index (χ4n) is 2.67. The van der Waals surface area contributed by atoms with Crippen molar-refractivity contribution in [2.75, 3.05) is 6.54 Å². The molecule has 0 N–H and O–H groups in total. The predicted octanol–water partition coefficient (Wildman–Crippen LogP) is 1.59. The monoisotopic (exact) mass is 327 g/mol. The number of carbonyl (C=O) groups is 2. The molecule has 23 heavy (non-hydrogen) atoms. The zero-order valence-corrected chi connectivity index (χ0v) is 13.2. The molecule has 4 rings (SSSR count). The van der Waals surface area contributed by atoms with Gasteiger partial charge in [-0.15, -0.1) is 10.2 Å². The van der Waals surface area contributed by atoms with Crippen molar-refractivity contribution in [3.8, 4) is 0 Å². The summed E-state index contributed by atoms with van der Waals surface area (Å²) in [4.78, 5) is 26.6. The number of nitrogens with zero attached hydrogens (tertiary/aromatic N) is 5. The van der Waals surface area contributed by atoms with Gasteiger partial charge < -0.3 is 0 Å². The minimum atomic E-state index is -0.233. The van der Waals surface area contributed by atoms with E-state index >= 15 is 0 Å². The summed E-state index contributed by atoms with van der Waals surface area (Å²) in [6.45, 7) is 2.31. The topological polar surface area (TPSA) is 80.5 Å². The molecule has 2 amide bonds. The molecule has 0 fully saturated rings. The van der Waals surface area contributed by atoms with Gasteiger partial charge in [0, 0.05) is 19.4 Å². The van der Waals surface area contributed by atoms with Crippen LogP contribution in [0.25, 0.3) is 4.96 Å². The number of hydrogen-bond acceptors (Lipinski definition) is 6. The molecular weight excluding hydrogens is 314 g/mol. The largest absolute Gasteiger partial charge is 0.274 e. The number of hydrogen-bond donors (Lipinski definition) is 0. The molecule has 0 spiro atoms. The maximum atomic E-state index is 12.3. The zero-order valence-electron chi connectivity index (χ0n) is 12.4. The Bertz CT molecular complexity index is 894. The second-order valence-corrected chi connectivity index (χ2v) is 6.26. The van der Waals surface area contributed by atoms with Gasteiger partial charge in [0.05, 0.1) is 11.1 Å². The summed E-state index contributed by atoms with van der Waals surface area (Å²) >= 11 is 1.43. The maximum absolute atomic E-state index is 12.3. The van der Waals surface area contributed by atoms with Crippen molar-refractivity contribution in [2.45, 2.75) is 19.8 Å². The minimum Gasteiger partial charge on any atom is -0.274 e. The fourth-order valence-corrected chi connectivity index (χ4v) is 3.51. The number of amides is 2. The Balaban J connectivity index is 1.54. The van der Waals surface area contributed by atoms with Gasteiger partial charge in [-0.05, 0) is 12.1 Å². The third-order valence-corrected chi connectivity index (χ3v) is 4.80. The summed E-state index contributed by atoms with van der Waals surface area (Å²) in [5.41, 5.74) is 0.952. The number of imide groups is 1. The lowest BCUT2D eigenvalue weighted by Crippen LogP contribution is -2.31. The van der Waals surface area contributed by atoms with Gasteiger partial charge in [0.2, 0.25) is 4.96 Å². The summed E-state index contributed by atoms with van der Waals surface area (Å²) < 4.78 is 1.72. The molecule has 8 heteroatoms. The zero-order chi connectivity index (χ0) is 16.0. The van der Waals surface area contributed by atoms with Crippen LogP contribution in [0.3, 0.4) is 0 Å². The van der Waals surface area contributed by atoms with Crippen molar-refractivity contribution < 1.29 is 9.59 Å². The molecule has 2 aromatic heterocycles. The van der Waals surface area contributed by atoms with E-state index in [0.29, 0.717) is 24.1 Å². The summed E-state index contributed by atoms with van der Waals surface area (Å²) in [5.74, 6) is 0.342. The average molecular weight is 327 g/mol. The lowest BCUT2D eigenvalue weighted by Gasteiger charge is -2.12. The van der Waals surface area contributed by atoms with Gasteiger partial charge in [-0.2, -0.15) is 9.61 Å². The Morgan fingerprint density at radius 2 is 1.78 bits per heavy atom. The molecule has 3 aromatic rings. The Labute approximate surface area is 135 Å². The predicted molar refractivity (Wildman–Crippen MR) is 83.6 cm³/mol. The summed E-state index contributed by atoms with van der Waals surface area (Å²) in [6, 6.07) is 6.91. The van der Waals surface area contributed by atoms with Gasteiger partial charge in [0.25, 0.3) is 11.8 Å². The first-order valence-electron chi connectivity index (χ1n) is 7.34. The molecule has 3 heterocycles. The van der Waals surface area contributed by atoms with E-state index in [9.17, 15) is 9.59 Å². The van der Waals surface area contributed by atoms with E-state index in [2.05, 4.69) is 15.3 Å². The highest BCUT2D eigenvalue weighted by atomic mass is 32.1. The van der Waals surface area contributed by atoms with Gasteiger partial charge in [-0.25, -0.2) is 0 Å². The fraction of sp³-hybridized carbons (Fsp3) is 0.267. The highest BCUT2D eigenvalue weighted by Gasteiger charge is 2.34. The molecule has 1 aromatic carbocycles. The molecule has 7 nitrogen and oxygen atoms in total. The maximum Gasteiger partial charge on any atom is 0.261 e. The molecule has 1 aliphatic heterocycles. The number of carbonyl (C=O) groups excluding carboxylic acids is 2. The van der Waals surface area contributed by atoms with Crippen LogP contribution in [0.5, 0.6) is 0 Å². The molecule has 0 unspecified atom stereocenters. The van der Waals surface area contributed by atoms with Crippen LogP contribution in [0, 0.1) is 0 Å². The Morgan fingerprint density at radius 3 is 2.43 bits per heavy atom. The van der Waals surface area contributed by atoms with E-state index in [-0.39, 0.29) is 11.8 Å². The summed E-state index contributed by atoms with van der Waals surface area (Å²) in [5, 5.41) is 13.4. The van der Waals surface area contributed by atoms with Crippen molar-refractivity contribution in [2.24, 2.45) is 0 Å². The van der Waals surface area contributed by atoms with Crippen LogP contribution in [-0.4, -0.2) is 43.1 Å². The molecule has 0 saturated carbocycles. The van der Waals surface area contributed by atoms with Crippen molar-refractivity contribution in [1.82, 2.24) is 24.7 Å². The van der Waals surface area contributed by atoms with Crippen LogP contribution >= 0.6 is 11.3 Å². The Hall–Kier alpha value is -2.61. The first kappa shape index (κ1) is 14.0. The molecule has 116 valence electrons. The first-order chi connectivity index (χ1) is 11.2. The molecule has 0 radical (unpaired) electrons. The van der Waals surface area contributed by atoms with Crippen molar-refractivity contribution in [3.63, 3.8) is 0 Å². The van der Waals surface area contributed by atoms with E-state index in [1.165, 1.54) is 16.2 Å². The van der Waals surface area contributed by atoms with Crippen LogP contribution in [0.1, 0.15) is 38.5 Å². The second-order valence-electron chi connectivity index (χ2n) is 5.22. The van der Waals surface area contributed by atoms with E-state index < -0.39 is 0 Å². The molecule has 0 aliphatic carbocycles. The lowest BCUT2D eigenvalue weighted by atomic mass is 10.1. The van der Waals surface area contributed by atoms with E-state index in [1.54, 1.807) is 28.8 Å². The molecule has 0 saturated heterocycles. The molecular formula is C15H13N5O2S. The van der Waals surface area contributed by atoms with Crippen LogP contribution in [0.2, 0.25) is 0 Å². The molecule has 1 aliphatic rings. The number of fused-ring (bicyclic) bond motifs is 2. The average Bonchev–Trinajstić information content (AvgIpc) is 3.20. The Kier molecular flexibility index (Phi) is 3.19. The minimum absolute atomic E-state index is 0.233. The van der Waals surface area contributed by atoms with Gasteiger partial charge in [0.15, 0.2) is 5.82 Å². The molecule has 0 atom stereocenters. The van der Waals surface area contributed by atoms with Crippen LogP contribution in [0.4, 0.5) is 0 Å². The lowest BCUT2D eigenvalue weighted by molar-refractivity contribution is 0.0656. The van der Waals surface area contributed by atoms with Gasteiger partial charge in [-0.1, -0.05) is 30.4 Å². The first-order valence-corrected chi connectivity index (χ1v) is 8.16. The van der Waals surface area contributed by atoms with Crippen molar-refractivity contribution >= 4 is 28.1 Å². The normalized spacial score (nSPS) is 14.0. The van der Waals surface area contributed by atoms with Crippen molar-refractivity contribution in [3.05, 3.63) is 46.2 Å². The number of benzene rings is 1. The van der Waals surface area contributed by atoms with Crippen molar-refractivity contribution in [1.29, 1.82) is 0 Å².